The number of hydrogen-bond donors (Lipinski definition) is 0. The maximum absolute atomic E-state index is 13.4. The first-order chi connectivity index (χ1) is 14.9. The molecule has 0 saturated carbocycles. The van der Waals surface area contributed by atoms with Gasteiger partial charge in [0.05, 0.1) is 31.0 Å². The molecule has 1 aromatic carbocycles. The van der Waals surface area contributed by atoms with E-state index in [1.54, 1.807) is 18.3 Å². The monoisotopic (exact) mass is 421 g/mol. The van der Waals surface area contributed by atoms with Gasteiger partial charge in [0.15, 0.2) is 5.82 Å². The first-order valence-electron chi connectivity index (χ1n) is 10.7. The van der Waals surface area contributed by atoms with Crippen molar-refractivity contribution in [3.8, 4) is 0 Å². The first kappa shape index (κ1) is 19.9. The SMILES string of the molecule is CCn1cnnc1CN(C)C(=O)[C@H]1[C@@H]2C=C[C@@]3(CN(Cc4cccc(C)c4)C(=O)[C@H]13)O2. The second-order valence-electron chi connectivity index (χ2n) is 8.81. The van der Waals surface area contributed by atoms with Crippen LogP contribution in [-0.2, 0) is 34.0 Å². The number of fused-ring (bicyclic) bond motifs is 1. The maximum atomic E-state index is 13.4. The van der Waals surface area contributed by atoms with Gasteiger partial charge in [0.1, 0.15) is 11.9 Å². The number of likely N-dealkylation sites (tertiary alicyclic amines) is 1. The van der Waals surface area contributed by atoms with Crippen molar-refractivity contribution in [2.75, 3.05) is 13.6 Å². The lowest BCUT2D eigenvalue weighted by Crippen LogP contribution is -2.44. The van der Waals surface area contributed by atoms with Gasteiger partial charge in [-0.15, -0.1) is 10.2 Å². The van der Waals surface area contributed by atoms with Gasteiger partial charge in [0, 0.05) is 20.1 Å². The highest BCUT2D eigenvalue weighted by Gasteiger charge is 2.67. The minimum absolute atomic E-state index is 0.00293. The fraction of sp³-hybridized carbons (Fsp3) is 0.478. The van der Waals surface area contributed by atoms with Gasteiger partial charge in [0.25, 0.3) is 0 Å². The summed E-state index contributed by atoms with van der Waals surface area (Å²) in [5, 5.41) is 8.07. The predicted octanol–water partition coefficient (Wildman–Crippen LogP) is 1.55. The molecule has 2 fully saturated rings. The van der Waals surface area contributed by atoms with E-state index >= 15 is 0 Å². The molecule has 2 aromatic rings. The van der Waals surface area contributed by atoms with Crippen LogP contribution in [0.15, 0.2) is 42.7 Å². The number of ether oxygens (including phenoxy) is 1. The average Bonchev–Trinajstić information content (AvgIpc) is 3.49. The summed E-state index contributed by atoms with van der Waals surface area (Å²) in [6, 6.07) is 8.16. The second-order valence-corrected chi connectivity index (χ2v) is 8.81. The highest BCUT2D eigenvalue weighted by atomic mass is 16.5. The molecule has 1 spiro atoms. The summed E-state index contributed by atoms with van der Waals surface area (Å²) < 4.78 is 8.17. The van der Waals surface area contributed by atoms with Crippen molar-refractivity contribution in [1.82, 2.24) is 24.6 Å². The Morgan fingerprint density at radius 1 is 1.39 bits per heavy atom. The molecule has 8 heteroatoms. The maximum Gasteiger partial charge on any atom is 0.230 e. The van der Waals surface area contributed by atoms with Gasteiger partial charge in [0.2, 0.25) is 11.8 Å². The van der Waals surface area contributed by atoms with Crippen molar-refractivity contribution in [2.45, 2.75) is 45.2 Å². The first-order valence-corrected chi connectivity index (χ1v) is 10.7. The van der Waals surface area contributed by atoms with Crippen LogP contribution < -0.4 is 0 Å². The number of carbonyl (C=O) groups excluding carboxylic acids is 2. The molecule has 0 N–H and O–H groups in total. The van der Waals surface area contributed by atoms with Crippen molar-refractivity contribution in [1.29, 1.82) is 0 Å². The fourth-order valence-corrected chi connectivity index (χ4v) is 5.23. The molecule has 2 amide bonds. The van der Waals surface area contributed by atoms with Gasteiger partial charge in [-0.1, -0.05) is 42.0 Å². The van der Waals surface area contributed by atoms with E-state index in [2.05, 4.69) is 16.3 Å². The quantitative estimate of drug-likeness (QED) is 0.661. The average molecular weight is 422 g/mol. The minimum Gasteiger partial charge on any atom is -0.360 e. The molecular formula is C23H27N5O3. The highest BCUT2D eigenvalue weighted by molar-refractivity contribution is 5.93. The number of aromatic nitrogens is 3. The zero-order valence-electron chi connectivity index (χ0n) is 18.1. The fourth-order valence-electron chi connectivity index (χ4n) is 5.23. The van der Waals surface area contributed by atoms with E-state index in [4.69, 9.17) is 4.74 Å². The van der Waals surface area contributed by atoms with E-state index < -0.39 is 17.4 Å². The highest BCUT2D eigenvalue weighted by Crippen LogP contribution is 2.52. The van der Waals surface area contributed by atoms with Crippen LogP contribution in [0, 0.1) is 18.8 Å². The number of nitrogens with zero attached hydrogens (tertiary/aromatic N) is 5. The standard InChI is InChI=1S/C23H27N5O3/c1-4-27-14-24-25-18(27)12-26(3)21(29)19-17-8-9-23(31-17)13-28(22(30)20(19)23)11-16-7-5-6-15(2)10-16/h5-10,14,17,19-20H,4,11-13H2,1-3H3/t17-,19-,20-,23-/m0/s1. The molecule has 31 heavy (non-hydrogen) atoms. The van der Waals surface area contributed by atoms with E-state index in [1.165, 1.54) is 0 Å². The lowest BCUT2D eigenvalue weighted by molar-refractivity contribution is -0.143. The Labute approximate surface area is 181 Å². The van der Waals surface area contributed by atoms with Crippen LogP contribution in [0.4, 0.5) is 0 Å². The molecule has 3 aliphatic heterocycles. The van der Waals surface area contributed by atoms with Crippen molar-refractivity contribution in [3.05, 3.63) is 59.7 Å². The molecule has 0 aliphatic carbocycles. The Morgan fingerprint density at radius 3 is 3.00 bits per heavy atom. The number of amides is 2. The Morgan fingerprint density at radius 2 is 2.23 bits per heavy atom. The van der Waals surface area contributed by atoms with Crippen LogP contribution in [0.1, 0.15) is 23.9 Å². The largest absolute Gasteiger partial charge is 0.360 e. The normalized spacial score (nSPS) is 28.4. The summed E-state index contributed by atoms with van der Waals surface area (Å²) in [6.45, 7) is 6.14. The van der Waals surface area contributed by atoms with Crippen molar-refractivity contribution in [3.63, 3.8) is 0 Å². The smallest absolute Gasteiger partial charge is 0.230 e. The van der Waals surface area contributed by atoms with E-state index in [1.807, 2.05) is 53.7 Å². The lowest BCUT2D eigenvalue weighted by Gasteiger charge is -2.27. The predicted molar refractivity (Wildman–Crippen MR) is 112 cm³/mol. The number of hydrogen-bond acceptors (Lipinski definition) is 5. The van der Waals surface area contributed by atoms with Crippen molar-refractivity contribution in [2.24, 2.45) is 11.8 Å². The van der Waals surface area contributed by atoms with Crippen molar-refractivity contribution >= 4 is 11.8 Å². The molecule has 2 saturated heterocycles. The molecule has 4 heterocycles. The Bertz CT molecular complexity index is 1060. The summed E-state index contributed by atoms with van der Waals surface area (Å²) in [6.07, 6.45) is 5.25. The molecule has 3 aliphatic rings. The number of rotatable bonds is 6. The summed E-state index contributed by atoms with van der Waals surface area (Å²) >= 11 is 0. The third-order valence-corrected chi connectivity index (χ3v) is 6.71. The third kappa shape index (κ3) is 3.17. The molecule has 162 valence electrons. The molecule has 5 rings (SSSR count). The molecule has 4 atom stereocenters. The van der Waals surface area contributed by atoms with E-state index in [9.17, 15) is 9.59 Å². The van der Waals surface area contributed by atoms with Gasteiger partial charge in [-0.05, 0) is 19.4 Å². The number of aryl methyl sites for hydroxylation is 2. The third-order valence-electron chi connectivity index (χ3n) is 6.71. The molecular weight excluding hydrogens is 394 g/mol. The van der Waals surface area contributed by atoms with Crippen molar-refractivity contribution < 1.29 is 14.3 Å². The van der Waals surface area contributed by atoms with Crippen LogP contribution in [-0.4, -0.2) is 61.7 Å². The molecule has 1 aromatic heterocycles. The van der Waals surface area contributed by atoms with Crippen LogP contribution in [0.5, 0.6) is 0 Å². The van der Waals surface area contributed by atoms with Gasteiger partial charge < -0.3 is 19.1 Å². The van der Waals surface area contributed by atoms with Crippen LogP contribution >= 0.6 is 0 Å². The minimum atomic E-state index is -0.698. The zero-order valence-corrected chi connectivity index (χ0v) is 18.1. The number of carbonyl (C=O) groups is 2. The number of benzene rings is 1. The Kier molecular flexibility index (Phi) is 4.69. The zero-order chi connectivity index (χ0) is 21.8. The van der Waals surface area contributed by atoms with Crippen LogP contribution in [0.2, 0.25) is 0 Å². The van der Waals surface area contributed by atoms with Gasteiger partial charge in [-0.2, -0.15) is 0 Å². The lowest BCUT2D eigenvalue weighted by atomic mass is 9.76. The topological polar surface area (TPSA) is 80.6 Å². The molecule has 0 unspecified atom stereocenters. The molecule has 0 radical (unpaired) electrons. The molecule has 2 bridgehead atoms. The molecule has 8 nitrogen and oxygen atoms in total. The van der Waals surface area contributed by atoms with Gasteiger partial charge >= 0.3 is 0 Å². The van der Waals surface area contributed by atoms with Gasteiger partial charge in [-0.3, -0.25) is 9.59 Å². The second kappa shape index (κ2) is 7.30. The summed E-state index contributed by atoms with van der Waals surface area (Å²) in [4.78, 5) is 30.3. The Balaban J connectivity index is 1.36. The van der Waals surface area contributed by atoms with E-state index in [0.717, 1.165) is 23.5 Å². The van der Waals surface area contributed by atoms with E-state index in [-0.39, 0.29) is 17.9 Å². The summed E-state index contributed by atoms with van der Waals surface area (Å²) in [7, 11) is 1.75. The Hall–Kier alpha value is -3.00. The van der Waals surface area contributed by atoms with Gasteiger partial charge in [-0.25, -0.2) is 0 Å². The van der Waals surface area contributed by atoms with Crippen LogP contribution in [0.3, 0.4) is 0 Å². The summed E-state index contributed by atoms with van der Waals surface area (Å²) in [5.74, 6) is -0.352. The summed E-state index contributed by atoms with van der Waals surface area (Å²) in [5.41, 5.74) is 1.55. The van der Waals surface area contributed by atoms with E-state index in [0.29, 0.717) is 19.6 Å². The van der Waals surface area contributed by atoms with Crippen LogP contribution in [0.25, 0.3) is 0 Å².